The number of fused-ring (bicyclic) bond motifs is 1. The monoisotopic (exact) mass is 438 g/mol. The fraction of sp³-hybridized carbons (Fsp3) is 0.143. The lowest BCUT2D eigenvalue weighted by Gasteiger charge is -2.14. The second-order valence-electron chi connectivity index (χ2n) is 6.81. The average molecular weight is 439 g/mol. The van der Waals surface area contributed by atoms with Crippen LogP contribution in [0, 0.1) is 0 Å². The van der Waals surface area contributed by atoms with Crippen LogP contribution in [-0.2, 0) is 16.6 Å². The molecule has 0 unspecified atom stereocenters. The predicted octanol–water partition coefficient (Wildman–Crippen LogP) is 4.50. The number of anilines is 1. The van der Waals surface area contributed by atoms with Crippen LogP contribution in [0.25, 0.3) is 22.4 Å². The van der Waals surface area contributed by atoms with Gasteiger partial charge in [0.2, 0.25) is 5.09 Å². The van der Waals surface area contributed by atoms with Crippen molar-refractivity contribution >= 4 is 27.5 Å². The summed E-state index contributed by atoms with van der Waals surface area (Å²) in [4.78, 5) is 4.13. The largest absolute Gasteiger partial charge is 0.451 e. The summed E-state index contributed by atoms with van der Waals surface area (Å²) in [6, 6.07) is 14.2. The fourth-order valence-electron chi connectivity index (χ4n) is 3.46. The molecule has 4 heterocycles. The SMILES string of the molecule is O=S(=O)(Nc1cccc(-c2nn3c(c2-c2ccncc2)SCCC3)c1)c1ccco1. The van der Waals surface area contributed by atoms with E-state index in [-0.39, 0.29) is 5.09 Å². The highest BCUT2D eigenvalue weighted by Gasteiger charge is 2.24. The molecule has 1 aromatic carbocycles. The lowest BCUT2D eigenvalue weighted by molar-refractivity contribution is 0.452. The molecule has 152 valence electrons. The summed E-state index contributed by atoms with van der Waals surface area (Å²) in [5, 5.41) is 5.87. The Bertz CT molecular complexity index is 1280. The van der Waals surface area contributed by atoms with Crippen LogP contribution in [0.2, 0.25) is 0 Å². The maximum atomic E-state index is 12.5. The van der Waals surface area contributed by atoms with Gasteiger partial charge < -0.3 is 4.42 Å². The van der Waals surface area contributed by atoms with Crippen molar-refractivity contribution in [3.63, 3.8) is 0 Å². The molecule has 0 saturated heterocycles. The molecule has 0 amide bonds. The van der Waals surface area contributed by atoms with E-state index in [9.17, 15) is 8.42 Å². The molecule has 0 saturated carbocycles. The molecule has 0 bridgehead atoms. The van der Waals surface area contributed by atoms with Crippen LogP contribution in [0.15, 0.2) is 81.7 Å². The lowest BCUT2D eigenvalue weighted by atomic mass is 10.0. The van der Waals surface area contributed by atoms with Crippen molar-refractivity contribution in [3.8, 4) is 22.4 Å². The Morgan fingerprint density at radius 3 is 2.73 bits per heavy atom. The normalized spacial score (nSPS) is 13.7. The zero-order valence-electron chi connectivity index (χ0n) is 15.9. The van der Waals surface area contributed by atoms with Gasteiger partial charge in [-0.2, -0.15) is 13.5 Å². The number of nitrogens with one attached hydrogen (secondary N) is 1. The number of nitrogens with zero attached hydrogens (tertiary/aromatic N) is 3. The van der Waals surface area contributed by atoms with Gasteiger partial charge in [0.15, 0.2) is 0 Å². The number of hydrogen-bond acceptors (Lipinski definition) is 6. The third-order valence-electron chi connectivity index (χ3n) is 4.78. The summed E-state index contributed by atoms with van der Waals surface area (Å²) < 4.78 is 34.7. The lowest BCUT2D eigenvalue weighted by Crippen LogP contribution is -2.12. The van der Waals surface area contributed by atoms with E-state index in [1.54, 1.807) is 42.4 Å². The second-order valence-corrected chi connectivity index (χ2v) is 9.51. The Morgan fingerprint density at radius 1 is 1.07 bits per heavy atom. The molecule has 1 aliphatic heterocycles. The molecule has 0 aliphatic carbocycles. The van der Waals surface area contributed by atoms with E-state index >= 15 is 0 Å². The maximum absolute atomic E-state index is 12.5. The topological polar surface area (TPSA) is 90.0 Å². The number of pyridine rings is 1. The molecule has 30 heavy (non-hydrogen) atoms. The van der Waals surface area contributed by atoms with Crippen molar-refractivity contribution in [2.75, 3.05) is 10.5 Å². The summed E-state index contributed by atoms with van der Waals surface area (Å²) in [5.41, 5.74) is 4.20. The van der Waals surface area contributed by atoms with Crippen LogP contribution in [0.5, 0.6) is 0 Å². The van der Waals surface area contributed by atoms with Crippen molar-refractivity contribution in [1.29, 1.82) is 0 Å². The van der Waals surface area contributed by atoms with Gasteiger partial charge in [-0.15, -0.1) is 11.8 Å². The molecule has 3 aromatic heterocycles. The van der Waals surface area contributed by atoms with E-state index in [0.717, 1.165) is 46.1 Å². The predicted molar refractivity (Wildman–Crippen MR) is 116 cm³/mol. The van der Waals surface area contributed by atoms with Gasteiger partial charge in [-0.05, 0) is 48.4 Å². The molecular formula is C21H18N4O3S2. The van der Waals surface area contributed by atoms with Gasteiger partial charge in [0.05, 0.1) is 6.26 Å². The molecule has 5 rings (SSSR count). The first-order chi connectivity index (χ1) is 14.6. The number of sulfonamides is 1. The summed E-state index contributed by atoms with van der Waals surface area (Å²) >= 11 is 1.79. The first-order valence-electron chi connectivity index (χ1n) is 9.42. The smallest absolute Gasteiger partial charge is 0.295 e. The molecule has 0 atom stereocenters. The number of rotatable bonds is 5. The van der Waals surface area contributed by atoms with Crippen molar-refractivity contribution in [2.24, 2.45) is 0 Å². The van der Waals surface area contributed by atoms with E-state index in [2.05, 4.69) is 9.71 Å². The highest BCUT2D eigenvalue weighted by Crippen LogP contribution is 2.41. The first-order valence-corrected chi connectivity index (χ1v) is 11.9. The van der Waals surface area contributed by atoms with Crippen LogP contribution in [-0.4, -0.2) is 28.9 Å². The fourth-order valence-corrected chi connectivity index (χ4v) is 5.55. The van der Waals surface area contributed by atoms with Gasteiger partial charge in [0, 0.05) is 41.5 Å². The van der Waals surface area contributed by atoms with Gasteiger partial charge in [-0.3, -0.25) is 14.4 Å². The van der Waals surface area contributed by atoms with E-state index in [0.29, 0.717) is 5.69 Å². The minimum atomic E-state index is -3.79. The van der Waals surface area contributed by atoms with Crippen LogP contribution < -0.4 is 4.72 Å². The van der Waals surface area contributed by atoms with Gasteiger partial charge >= 0.3 is 0 Å². The zero-order chi connectivity index (χ0) is 20.6. The van der Waals surface area contributed by atoms with Crippen molar-refractivity contribution < 1.29 is 12.8 Å². The first kappa shape index (κ1) is 19.0. The van der Waals surface area contributed by atoms with Crippen LogP contribution in [0.3, 0.4) is 0 Å². The molecular weight excluding hydrogens is 420 g/mol. The van der Waals surface area contributed by atoms with E-state index in [4.69, 9.17) is 9.52 Å². The van der Waals surface area contributed by atoms with Crippen molar-refractivity contribution in [2.45, 2.75) is 23.1 Å². The van der Waals surface area contributed by atoms with Crippen molar-refractivity contribution in [3.05, 3.63) is 67.2 Å². The van der Waals surface area contributed by atoms with Crippen LogP contribution >= 0.6 is 11.8 Å². The third kappa shape index (κ3) is 3.50. The summed E-state index contributed by atoms with van der Waals surface area (Å²) in [7, 11) is -3.79. The number of thioether (sulfide) groups is 1. The molecule has 0 spiro atoms. The van der Waals surface area contributed by atoms with Gasteiger partial charge in [-0.1, -0.05) is 12.1 Å². The molecule has 1 aliphatic rings. The quantitative estimate of drug-likeness (QED) is 0.493. The minimum absolute atomic E-state index is 0.126. The standard InChI is InChI=1S/C21H18N4O3S2/c26-30(27,18-6-2-12-28-18)24-17-5-1-4-16(14-17)20-19(15-7-9-22-10-8-15)21-25(23-20)11-3-13-29-21/h1-2,4-10,12,14,24H,3,11,13H2. The summed E-state index contributed by atoms with van der Waals surface area (Å²) in [6.07, 6.45) is 5.94. The number of aryl methyl sites for hydroxylation is 1. The molecule has 9 heteroatoms. The Hall–Kier alpha value is -3.04. The Balaban J connectivity index is 1.58. The third-order valence-corrected chi connectivity index (χ3v) is 7.22. The Labute approximate surface area is 178 Å². The van der Waals surface area contributed by atoms with Gasteiger partial charge in [0.25, 0.3) is 10.0 Å². The van der Waals surface area contributed by atoms with E-state index in [1.165, 1.54) is 12.3 Å². The van der Waals surface area contributed by atoms with Crippen LogP contribution in [0.1, 0.15) is 6.42 Å². The molecule has 4 aromatic rings. The number of furan rings is 1. The summed E-state index contributed by atoms with van der Waals surface area (Å²) in [6.45, 7) is 0.866. The summed E-state index contributed by atoms with van der Waals surface area (Å²) in [5.74, 6) is 1.05. The Kier molecular flexibility index (Phi) is 4.84. The van der Waals surface area contributed by atoms with Crippen LogP contribution in [0.4, 0.5) is 5.69 Å². The molecule has 1 N–H and O–H groups in total. The van der Waals surface area contributed by atoms with Crippen molar-refractivity contribution in [1.82, 2.24) is 14.8 Å². The average Bonchev–Trinajstić information content (AvgIpc) is 3.43. The molecule has 0 radical (unpaired) electrons. The second kappa shape index (κ2) is 7.66. The molecule has 7 nitrogen and oxygen atoms in total. The van der Waals surface area contributed by atoms with E-state index < -0.39 is 10.0 Å². The maximum Gasteiger partial charge on any atom is 0.295 e. The highest BCUT2D eigenvalue weighted by molar-refractivity contribution is 7.99. The molecule has 0 fully saturated rings. The van der Waals surface area contributed by atoms with Gasteiger partial charge in [-0.25, -0.2) is 0 Å². The number of benzene rings is 1. The highest BCUT2D eigenvalue weighted by atomic mass is 32.2. The minimum Gasteiger partial charge on any atom is -0.451 e. The number of hydrogen-bond donors (Lipinski definition) is 1. The number of aromatic nitrogens is 3. The Morgan fingerprint density at radius 2 is 1.93 bits per heavy atom. The van der Waals surface area contributed by atoms with E-state index in [1.807, 2.05) is 28.9 Å². The zero-order valence-corrected chi connectivity index (χ0v) is 17.5. The van der Waals surface area contributed by atoms with Gasteiger partial charge in [0.1, 0.15) is 10.7 Å².